The maximum Gasteiger partial charge on any atom is 0.224 e. The van der Waals surface area contributed by atoms with Gasteiger partial charge in [0, 0.05) is 6.42 Å². The van der Waals surface area contributed by atoms with Crippen molar-refractivity contribution in [1.82, 2.24) is 0 Å². The third-order valence-corrected chi connectivity index (χ3v) is 1.84. The molecule has 0 radical (unpaired) electrons. The van der Waals surface area contributed by atoms with Gasteiger partial charge in [0.2, 0.25) is 5.91 Å². The first kappa shape index (κ1) is 9.58. The van der Waals surface area contributed by atoms with Crippen LogP contribution in [0.3, 0.4) is 0 Å². The SMILES string of the molecule is CCC(=O)Nc1c(C)cccc1O. The summed E-state index contributed by atoms with van der Waals surface area (Å²) in [5, 5.41) is 12.1. The number of anilines is 1. The third kappa shape index (κ3) is 2.21. The summed E-state index contributed by atoms with van der Waals surface area (Å²) in [4.78, 5) is 11.1. The van der Waals surface area contributed by atoms with E-state index in [1.54, 1.807) is 19.1 Å². The summed E-state index contributed by atoms with van der Waals surface area (Å²) in [7, 11) is 0. The predicted molar refractivity (Wildman–Crippen MR) is 51.8 cm³/mol. The number of phenols is 1. The molecule has 1 aromatic rings. The van der Waals surface area contributed by atoms with Crippen LogP contribution in [0.25, 0.3) is 0 Å². The van der Waals surface area contributed by atoms with Crippen molar-refractivity contribution in [3.63, 3.8) is 0 Å². The number of rotatable bonds is 2. The zero-order valence-electron chi connectivity index (χ0n) is 7.79. The van der Waals surface area contributed by atoms with Gasteiger partial charge in [0.1, 0.15) is 5.75 Å². The van der Waals surface area contributed by atoms with Gasteiger partial charge >= 0.3 is 0 Å². The monoisotopic (exact) mass is 179 g/mol. The van der Waals surface area contributed by atoms with Gasteiger partial charge < -0.3 is 10.4 Å². The van der Waals surface area contributed by atoms with E-state index in [-0.39, 0.29) is 11.7 Å². The van der Waals surface area contributed by atoms with E-state index in [1.807, 2.05) is 13.0 Å². The lowest BCUT2D eigenvalue weighted by atomic mass is 10.2. The highest BCUT2D eigenvalue weighted by molar-refractivity contribution is 5.92. The summed E-state index contributed by atoms with van der Waals surface area (Å²) in [6.07, 6.45) is 0.410. The molecule has 0 saturated carbocycles. The van der Waals surface area contributed by atoms with Gasteiger partial charge in [-0.2, -0.15) is 0 Å². The summed E-state index contributed by atoms with van der Waals surface area (Å²) >= 11 is 0. The van der Waals surface area contributed by atoms with Crippen LogP contribution in [0.1, 0.15) is 18.9 Å². The first-order chi connectivity index (χ1) is 6.15. The third-order valence-electron chi connectivity index (χ3n) is 1.84. The molecule has 0 spiro atoms. The highest BCUT2D eigenvalue weighted by Crippen LogP contribution is 2.26. The maximum atomic E-state index is 11.1. The second-order valence-corrected chi connectivity index (χ2v) is 2.87. The Kier molecular flexibility index (Phi) is 2.90. The normalized spacial score (nSPS) is 9.69. The van der Waals surface area contributed by atoms with Crippen LogP contribution < -0.4 is 5.32 Å². The topological polar surface area (TPSA) is 49.3 Å². The Hall–Kier alpha value is -1.51. The van der Waals surface area contributed by atoms with Crippen LogP contribution in [0.15, 0.2) is 18.2 Å². The van der Waals surface area contributed by atoms with Crippen LogP contribution in [0, 0.1) is 6.92 Å². The number of carbonyl (C=O) groups excluding carboxylic acids is 1. The van der Waals surface area contributed by atoms with Crippen molar-refractivity contribution in [3.8, 4) is 5.75 Å². The fourth-order valence-corrected chi connectivity index (χ4v) is 1.04. The molecule has 1 aromatic carbocycles. The fraction of sp³-hybridized carbons (Fsp3) is 0.300. The number of carbonyl (C=O) groups is 1. The van der Waals surface area contributed by atoms with Crippen LogP contribution in [0.5, 0.6) is 5.75 Å². The van der Waals surface area contributed by atoms with E-state index >= 15 is 0 Å². The molecule has 0 saturated heterocycles. The van der Waals surface area contributed by atoms with Gasteiger partial charge in [-0.25, -0.2) is 0 Å². The molecule has 2 N–H and O–H groups in total. The van der Waals surface area contributed by atoms with E-state index in [2.05, 4.69) is 5.32 Å². The van der Waals surface area contributed by atoms with Crippen molar-refractivity contribution in [3.05, 3.63) is 23.8 Å². The number of para-hydroxylation sites is 1. The largest absolute Gasteiger partial charge is 0.506 e. The number of benzene rings is 1. The molecule has 0 atom stereocenters. The molecule has 0 bridgehead atoms. The summed E-state index contributed by atoms with van der Waals surface area (Å²) in [5.41, 5.74) is 1.37. The van der Waals surface area contributed by atoms with Crippen molar-refractivity contribution in [2.45, 2.75) is 20.3 Å². The molecular weight excluding hydrogens is 166 g/mol. The van der Waals surface area contributed by atoms with Crippen LogP contribution >= 0.6 is 0 Å². The number of nitrogens with one attached hydrogen (secondary N) is 1. The van der Waals surface area contributed by atoms with Gasteiger partial charge in [-0.15, -0.1) is 0 Å². The van der Waals surface area contributed by atoms with E-state index < -0.39 is 0 Å². The Morgan fingerprint density at radius 3 is 2.77 bits per heavy atom. The summed E-state index contributed by atoms with van der Waals surface area (Å²) in [6, 6.07) is 5.13. The molecule has 0 unspecified atom stereocenters. The maximum absolute atomic E-state index is 11.1. The first-order valence-electron chi connectivity index (χ1n) is 4.23. The summed E-state index contributed by atoms with van der Waals surface area (Å²) < 4.78 is 0. The smallest absolute Gasteiger partial charge is 0.224 e. The van der Waals surface area contributed by atoms with E-state index in [0.29, 0.717) is 12.1 Å². The molecule has 0 fully saturated rings. The molecule has 0 aliphatic rings. The summed E-state index contributed by atoms with van der Waals surface area (Å²) in [5.74, 6) is 0.0198. The lowest BCUT2D eigenvalue weighted by Gasteiger charge is -2.08. The second-order valence-electron chi connectivity index (χ2n) is 2.87. The first-order valence-corrected chi connectivity index (χ1v) is 4.23. The number of hydrogen-bond acceptors (Lipinski definition) is 2. The lowest BCUT2D eigenvalue weighted by Crippen LogP contribution is -2.10. The molecule has 1 rings (SSSR count). The van der Waals surface area contributed by atoms with Crippen molar-refractivity contribution < 1.29 is 9.90 Å². The quantitative estimate of drug-likeness (QED) is 0.682. The molecule has 13 heavy (non-hydrogen) atoms. The van der Waals surface area contributed by atoms with E-state index in [4.69, 9.17) is 0 Å². The zero-order chi connectivity index (χ0) is 9.84. The number of aromatic hydroxyl groups is 1. The van der Waals surface area contributed by atoms with Gasteiger partial charge in [0.25, 0.3) is 0 Å². The van der Waals surface area contributed by atoms with E-state index in [9.17, 15) is 9.90 Å². The van der Waals surface area contributed by atoms with E-state index in [1.165, 1.54) is 0 Å². The van der Waals surface area contributed by atoms with Gasteiger partial charge in [0.15, 0.2) is 0 Å². The highest BCUT2D eigenvalue weighted by atomic mass is 16.3. The standard InChI is InChI=1S/C10H13NO2/c1-3-9(13)11-10-7(2)5-4-6-8(10)12/h4-6,12H,3H2,1-2H3,(H,11,13). The molecule has 1 amide bonds. The van der Waals surface area contributed by atoms with Crippen molar-refractivity contribution in [2.24, 2.45) is 0 Å². The van der Waals surface area contributed by atoms with Crippen LogP contribution in [0.4, 0.5) is 5.69 Å². The number of hydrogen-bond donors (Lipinski definition) is 2. The number of amides is 1. The molecule has 0 aromatic heterocycles. The Morgan fingerprint density at radius 2 is 2.23 bits per heavy atom. The van der Waals surface area contributed by atoms with Gasteiger partial charge in [0.05, 0.1) is 5.69 Å². The van der Waals surface area contributed by atoms with E-state index in [0.717, 1.165) is 5.56 Å². The molecule has 0 aliphatic carbocycles. The summed E-state index contributed by atoms with van der Waals surface area (Å²) in [6.45, 7) is 3.61. The Labute approximate surface area is 77.4 Å². The van der Waals surface area contributed by atoms with Crippen molar-refractivity contribution >= 4 is 11.6 Å². The van der Waals surface area contributed by atoms with Crippen molar-refractivity contribution in [1.29, 1.82) is 0 Å². The zero-order valence-corrected chi connectivity index (χ0v) is 7.79. The Balaban J connectivity index is 2.93. The Bertz CT molecular complexity index is 300. The molecule has 3 nitrogen and oxygen atoms in total. The van der Waals surface area contributed by atoms with Crippen LogP contribution in [-0.4, -0.2) is 11.0 Å². The predicted octanol–water partition coefficient (Wildman–Crippen LogP) is 2.05. The average Bonchev–Trinajstić information content (AvgIpc) is 2.11. The average molecular weight is 179 g/mol. The molecule has 0 aliphatic heterocycles. The molecular formula is C10H13NO2. The minimum absolute atomic E-state index is 0.0930. The lowest BCUT2D eigenvalue weighted by molar-refractivity contribution is -0.115. The number of aryl methyl sites for hydroxylation is 1. The fourth-order valence-electron chi connectivity index (χ4n) is 1.04. The van der Waals surface area contributed by atoms with Crippen LogP contribution in [-0.2, 0) is 4.79 Å². The molecule has 3 heteroatoms. The second kappa shape index (κ2) is 3.94. The Morgan fingerprint density at radius 1 is 1.54 bits per heavy atom. The number of phenolic OH excluding ortho intramolecular Hbond substituents is 1. The van der Waals surface area contributed by atoms with Gasteiger partial charge in [-0.3, -0.25) is 4.79 Å². The van der Waals surface area contributed by atoms with Gasteiger partial charge in [-0.05, 0) is 18.6 Å². The minimum Gasteiger partial charge on any atom is -0.506 e. The minimum atomic E-state index is -0.0930. The van der Waals surface area contributed by atoms with Gasteiger partial charge in [-0.1, -0.05) is 19.1 Å². The molecule has 70 valence electrons. The van der Waals surface area contributed by atoms with Crippen molar-refractivity contribution in [2.75, 3.05) is 5.32 Å². The highest BCUT2D eigenvalue weighted by Gasteiger charge is 2.06. The molecule has 0 heterocycles. The van der Waals surface area contributed by atoms with Crippen LogP contribution in [0.2, 0.25) is 0 Å².